The van der Waals surface area contributed by atoms with Gasteiger partial charge in [0.05, 0.1) is 24.6 Å². The molecule has 1 rings (SSSR count). The van der Waals surface area contributed by atoms with Crippen LogP contribution in [0.25, 0.3) is 0 Å². The Morgan fingerprint density at radius 2 is 2.06 bits per heavy atom. The van der Waals surface area contributed by atoms with Gasteiger partial charge in [0.2, 0.25) is 0 Å². The molecule has 0 spiro atoms. The van der Waals surface area contributed by atoms with Crippen molar-refractivity contribution in [1.82, 2.24) is 0 Å². The second kappa shape index (κ2) is 6.26. The molecule has 0 saturated carbocycles. The van der Waals surface area contributed by atoms with E-state index in [0.29, 0.717) is 28.5 Å². The predicted octanol–water partition coefficient (Wildman–Crippen LogP) is 3.71. The maximum atomic E-state index is 12.1. The molecule has 0 bridgehead atoms. The standard InChI is InChI=1S/C12H14BrClO3/c1-4-8(13)11(15)7-5-6-9(16-2)10(14)12(7)17-3/h5-6,8H,4H2,1-3H3. The molecule has 0 aliphatic heterocycles. The summed E-state index contributed by atoms with van der Waals surface area (Å²) in [4.78, 5) is 11.8. The number of ether oxygens (including phenoxy) is 2. The highest BCUT2D eigenvalue weighted by molar-refractivity contribution is 9.10. The van der Waals surface area contributed by atoms with Gasteiger partial charge in [-0.05, 0) is 18.6 Å². The van der Waals surface area contributed by atoms with E-state index in [1.165, 1.54) is 14.2 Å². The molecule has 0 heterocycles. The van der Waals surface area contributed by atoms with E-state index in [4.69, 9.17) is 21.1 Å². The first-order valence-corrected chi connectivity index (χ1v) is 6.44. The Kier molecular flexibility index (Phi) is 5.28. The van der Waals surface area contributed by atoms with Crippen LogP contribution in [0.15, 0.2) is 12.1 Å². The highest BCUT2D eigenvalue weighted by atomic mass is 79.9. The second-order valence-corrected chi connectivity index (χ2v) is 4.89. The molecular weight excluding hydrogens is 307 g/mol. The van der Waals surface area contributed by atoms with Crippen molar-refractivity contribution in [3.05, 3.63) is 22.7 Å². The van der Waals surface area contributed by atoms with E-state index in [-0.39, 0.29) is 10.6 Å². The number of carbonyl (C=O) groups is 1. The SMILES string of the molecule is CCC(Br)C(=O)c1ccc(OC)c(Cl)c1OC. The summed E-state index contributed by atoms with van der Waals surface area (Å²) >= 11 is 9.41. The molecule has 0 fully saturated rings. The minimum Gasteiger partial charge on any atom is -0.495 e. The van der Waals surface area contributed by atoms with Crippen molar-refractivity contribution in [3.8, 4) is 11.5 Å². The summed E-state index contributed by atoms with van der Waals surface area (Å²) < 4.78 is 10.3. The van der Waals surface area contributed by atoms with Crippen LogP contribution in [0.1, 0.15) is 23.7 Å². The first-order chi connectivity index (χ1) is 8.06. The summed E-state index contributed by atoms with van der Waals surface area (Å²) in [6, 6.07) is 3.32. The van der Waals surface area contributed by atoms with Gasteiger partial charge in [0.15, 0.2) is 11.5 Å². The van der Waals surface area contributed by atoms with Crippen molar-refractivity contribution < 1.29 is 14.3 Å². The Morgan fingerprint density at radius 3 is 2.53 bits per heavy atom. The lowest BCUT2D eigenvalue weighted by Gasteiger charge is -2.14. The van der Waals surface area contributed by atoms with Crippen molar-refractivity contribution in [3.63, 3.8) is 0 Å². The molecule has 5 heteroatoms. The number of methoxy groups -OCH3 is 2. The number of carbonyl (C=O) groups excluding carboxylic acids is 1. The lowest BCUT2D eigenvalue weighted by atomic mass is 10.1. The zero-order valence-corrected chi connectivity index (χ0v) is 12.3. The number of rotatable bonds is 5. The lowest BCUT2D eigenvalue weighted by molar-refractivity contribution is 0.0987. The Hall–Kier alpha value is -0.740. The summed E-state index contributed by atoms with van der Waals surface area (Å²) in [5, 5.41) is 0.316. The van der Waals surface area contributed by atoms with Crippen LogP contribution in [-0.2, 0) is 0 Å². The average Bonchev–Trinajstić information content (AvgIpc) is 2.36. The van der Waals surface area contributed by atoms with E-state index in [0.717, 1.165) is 0 Å². The molecule has 1 aromatic carbocycles. The van der Waals surface area contributed by atoms with E-state index in [1.54, 1.807) is 12.1 Å². The highest BCUT2D eigenvalue weighted by Gasteiger charge is 2.22. The van der Waals surface area contributed by atoms with Crippen molar-refractivity contribution in [2.24, 2.45) is 0 Å². The number of hydrogen-bond acceptors (Lipinski definition) is 3. The summed E-state index contributed by atoms with van der Waals surface area (Å²) in [6.45, 7) is 1.93. The molecule has 3 nitrogen and oxygen atoms in total. The van der Waals surface area contributed by atoms with Crippen molar-refractivity contribution in [2.45, 2.75) is 18.2 Å². The molecule has 17 heavy (non-hydrogen) atoms. The van der Waals surface area contributed by atoms with Crippen LogP contribution in [0.4, 0.5) is 0 Å². The maximum Gasteiger partial charge on any atom is 0.180 e. The predicted molar refractivity (Wildman–Crippen MR) is 71.9 cm³/mol. The first kappa shape index (κ1) is 14.3. The van der Waals surface area contributed by atoms with Crippen molar-refractivity contribution in [2.75, 3.05) is 14.2 Å². The van der Waals surface area contributed by atoms with Crippen LogP contribution in [0.3, 0.4) is 0 Å². The molecule has 0 aliphatic carbocycles. The number of alkyl halides is 1. The molecule has 0 aliphatic rings. The fraction of sp³-hybridized carbons (Fsp3) is 0.417. The molecule has 0 saturated heterocycles. The Bertz CT molecular complexity index is 420. The molecule has 94 valence electrons. The van der Waals surface area contributed by atoms with Gasteiger partial charge in [0.25, 0.3) is 0 Å². The second-order valence-electron chi connectivity index (χ2n) is 3.40. The summed E-state index contributed by atoms with van der Waals surface area (Å²) in [5.41, 5.74) is 0.460. The fourth-order valence-electron chi connectivity index (χ4n) is 1.44. The van der Waals surface area contributed by atoms with Gasteiger partial charge in [-0.25, -0.2) is 0 Å². The van der Waals surface area contributed by atoms with Crippen molar-refractivity contribution >= 4 is 33.3 Å². The van der Waals surface area contributed by atoms with Gasteiger partial charge >= 0.3 is 0 Å². The van der Waals surface area contributed by atoms with Gasteiger partial charge in [-0.15, -0.1) is 0 Å². The molecule has 1 aromatic rings. The number of ketones is 1. The van der Waals surface area contributed by atoms with Crippen LogP contribution in [0.2, 0.25) is 5.02 Å². The molecule has 0 aromatic heterocycles. The van der Waals surface area contributed by atoms with Gasteiger partial charge in [0, 0.05) is 0 Å². The average molecular weight is 322 g/mol. The quantitative estimate of drug-likeness (QED) is 0.612. The van der Waals surface area contributed by atoms with E-state index >= 15 is 0 Å². The molecule has 0 N–H and O–H groups in total. The highest BCUT2D eigenvalue weighted by Crippen LogP contribution is 2.37. The summed E-state index contributed by atoms with van der Waals surface area (Å²) in [6.07, 6.45) is 0.700. The fourth-order valence-corrected chi connectivity index (χ4v) is 2.01. The smallest absolute Gasteiger partial charge is 0.180 e. The Balaban J connectivity index is 3.26. The Labute approximate surface area is 114 Å². The van der Waals surface area contributed by atoms with E-state index in [1.807, 2.05) is 6.92 Å². The van der Waals surface area contributed by atoms with Gasteiger partial charge < -0.3 is 9.47 Å². The molecular formula is C12H14BrClO3. The summed E-state index contributed by atoms with van der Waals surface area (Å²) in [5.74, 6) is 0.797. The number of halogens is 2. The minimum atomic E-state index is -0.235. The van der Waals surface area contributed by atoms with Gasteiger partial charge in [-0.3, -0.25) is 4.79 Å². The zero-order chi connectivity index (χ0) is 13.0. The van der Waals surface area contributed by atoms with Crippen LogP contribution in [0.5, 0.6) is 11.5 Å². The van der Waals surface area contributed by atoms with E-state index in [9.17, 15) is 4.79 Å². The maximum absolute atomic E-state index is 12.1. The molecule has 1 atom stereocenters. The van der Waals surface area contributed by atoms with Crippen LogP contribution in [0, 0.1) is 0 Å². The monoisotopic (exact) mass is 320 g/mol. The number of Topliss-reactive ketones (excluding diaryl/α,β-unsaturated/α-hetero) is 1. The first-order valence-electron chi connectivity index (χ1n) is 5.15. The van der Waals surface area contributed by atoms with Crippen LogP contribution < -0.4 is 9.47 Å². The number of benzene rings is 1. The number of hydrogen-bond donors (Lipinski definition) is 0. The van der Waals surface area contributed by atoms with E-state index in [2.05, 4.69) is 15.9 Å². The topological polar surface area (TPSA) is 35.5 Å². The third-order valence-electron chi connectivity index (χ3n) is 2.39. The summed E-state index contributed by atoms with van der Waals surface area (Å²) in [7, 11) is 2.99. The third-order valence-corrected chi connectivity index (χ3v) is 3.82. The molecule has 0 radical (unpaired) electrons. The van der Waals surface area contributed by atoms with E-state index < -0.39 is 0 Å². The minimum absolute atomic E-state index is 0.0473. The zero-order valence-electron chi connectivity index (χ0n) is 9.92. The normalized spacial score (nSPS) is 12.1. The molecule has 1 unspecified atom stereocenters. The van der Waals surface area contributed by atoms with Gasteiger partial charge in [0.1, 0.15) is 10.8 Å². The lowest BCUT2D eigenvalue weighted by Crippen LogP contribution is -2.14. The largest absolute Gasteiger partial charge is 0.495 e. The Morgan fingerprint density at radius 1 is 1.41 bits per heavy atom. The van der Waals surface area contributed by atoms with Crippen LogP contribution >= 0.6 is 27.5 Å². The molecule has 0 amide bonds. The van der Waals surface area contributed by atoms with Crippen LogP contribution in [-0.4, -0.2) is 24.8 Å². The van der Waals surface area contributed by atoms with Gasteiger partial charge in [-0.1, -0.05) is 34.5 Å². The van der Waals surface area contributed by atoms with Gasteiger partial charge in [-0.2, -0.15) is 0 Å². The third kappa shape index (κ3) is 2.93. The van der Waals surface area contributed by atoms with Crippen molar-refractivity contribution in [1.29, 1.82) is 0 Å².